The maximum absolute atomic E-state index is 13.4. The lowest BCUT2D eigenvalue weighted by Gasteiger charge is -2.46. The van der Waals surface area contributed by atoms with Crippen molar-refractivity contribution in [3.8, 4) is 5.75 Å². The highest BCUT2D eigenvalue weighted by Crippen LogP contribution is 2.47. The van der Waals surface area contributed by atoms with Crippen LogP contribution in [0.5, 0.6) is 5.75 Å². The Hall–Kier alpha value is -2.59. The Morgan fingerprint density at radius 2 is 2.00 bits per heavy atom. The van der Waals surface area contributed by atoms with E-state index < -0.39 is 21.2 Å². The first-order valence-corrected chi connectivity index (χ1v) is 18.3. The van der Waals surface area contributed by atoms with Gasteiger partial charge in [-0.25, -0.2) is 13.1 Å². The average molecular weight is 657 g/mol. The van der Waals surface area contributed by atoms with Crippen molar-refractivity contribution in [2.45, 2.75) is 75.1 Å². The number of hydrogen-bond acceptors (Lipinski definition) is 7. The van der Waals surface area contributed by atoms with Gasteiger partial charge in [0.05, 0.1) is 36.9 Å². The molecule has 4 aliphatic rings. The highest BCUT2D eigenvalue weighted by molar-refractivity contribution is 7.90. The van der Waals surface area contributed by atoms with E-state index in [4.69, 9.17) is 25.8 Å². The lowest BCUT2D eigenvalue weighted by molar-refractivity contribution is -0.0309. The summed E-state index contributed by atoms with van der Waals surface area (Å²) in [4.78, 5) is 15.8. The minimum absolute atomic E-state index is 0.0799. The minimum atomic E-state index is -3.88. The molecule has 1 spiro atoms. The first kappa shape index (κ1) is 32.4. The Morgan fingerprint density at radius 3 is 2.78 bits per heavy atom. The molecule has 10 heteroatoms. The number of amides is 1. The van der Waals surface area contributed by atoms with Crippen molar-refractivity contribution in [1.29, 1.82) is 0 Å². The fourth-order valence-corrected chi connectivity index (χ4v) is 9.37. The van der Waals surface area contributed by atoms with Crippen LogP contribution >= 0.6 is 11.6 Å². The number of rotatable bonds is 5. The van der Waals surface area contributed by atoms with Gasteiger partial charge in [0, 0.05) is 36.2 Å². The van der Waals surface area contributed by atoms with Gasteiger partial charge in [-0.1, -0.05) is 36.7 Å². The maximum atomic E-state index is 13.4. The van der Waals surface area contributed by atoms with Crippen molar-refractivity contribution in [2.24, 2.45) is 11.8 Å². The van der Waals surface area contributed by atoms with Gasteiger partial charge >= 0.3 is 0 Å². The Kier molecular flexibility index (Phi) is 9.81. The van der Waals surface area contributed by atoms with E-state index >= 15 is 0 Å². The smallest absolute Gasteiger partial charge is 0.264 e. The van der Waals surface area contributed by atoms with Gasteiger partial charge in [0.25, 0.3) is 5.91 Å². The summed E-state index contributed by atoms with van der Waals surface area (Å²) in [6.07, 6.45) is 10.7. The van der Waals surface area contributed by atoms with E-state index in [2.05, 4.69) is 33.9 Å². The molecule has 0 aromatic heterocycles. The Balaban J connectivity index is 1.41. The number of nitrogens with one attached hydrogen (secondary N) is 1. The van der Waals surface area contributed by atoms with E-state index in [1.807, 2.05) is 25.1 Å². The molecule has 1 unspecified atom stereocenters. The van der Waals surface area contributed by atoms with Crippen molar-refractivity contribution >= 4 is 33.2 Å². The monoisotopic (exact) mass is 656 g/mol. The number of carbonyl (C=O) groups is 1. The zero-order chi connectivity index (χ0) is 31.6. The summed E-state index contributed by atoms with van der Waals surface area (Å²) in [5.41, 5.74) is 3.44. The number of aryl methyl sites for hydroxylation is 1. The van der Waals surface area contributed by atoms with E-state index in [0.717, 1.165) is 55.9 Å². The number of hydrogen-bond donors (Lipinski definition) is 1. The summed E-state index contributed by atoms with van der Waals surface area (Å²) in [7, 11) is -2.20. The largest absolute Gasteiger partial charge is 0.490 e. The molecule has 1 N–H and O–H groups in total. The summed E-state index contributed by atoms with van der Waals surface area (Å²) >= 11 is 6.43. The molecule has 5 atom stereocenters. The van der Waals surface area contributed by atoms with Crippen LogP contribution in [0.2, 0.25) is 5.02 Å². The molecule has 6 rings (SSSR count). The molecule has 244 valence electrons. The number of sulfonamides is 1. The van der Waals surface area contributed by atoms with Gasteiger partial charge in [0.15, 0.2) is 0 Å². The second-order valence-corrected chi connectivity index (χ2v) is 15.5. The Bertz CT molecular complexity index is 1530. The molecular formula is C35H45ClN2O6S. The number of ether oxygens (including phenoxy) is 3. The molecule has 8 nitrogen and oxygen atoms in total. The molecular weight excluding hydrogens is 612 g/mol. The topological polar surface area (TPSA) is 94.2 Å². The van der Waals surface area contributed by atoms with Crippen molar-refractivity contribution in [2.75, 3.05) is 44.9 Å². The van der Waals surface area contributed by atoms with Crippen molar-refractivity contribution in [3.63, 3.8) is 0 Å². The van der Waals surface area contributed by atoms with E-state index in [1.165, 1.54) is 11.1 Å². The summed E-state index contributed by atoms with van der Waals surface area (Å²) in [6.45, 7) is 4.89. The fraction of sp³-hybridized carbons (Fsp3) is 0.571. The molecule has 0 radical (unpaired) electrons. The number of benzene rings is 2. The normalized spacial score (nSPS) is 30.2. The summed E-state index contributed by atoms with van der Waals surface area (Å²) in [5.74, 6) is 0.809. The van der Waals surface area contributed by atoms with Crippen LogP contribution in [0, 0.1) is 11.8 Å². The number of nitrogens with zero attached hydrogens (tertiary/aromatic N) is 1. The van der Waals surface area contributed by atoms with Gasteiger partial charge in [-0.05, 0) is 105 Å². The van der Waals surface area contributed by atoms with Gasteiger partial charge in [-0.15, -0.1) is 0 Å². The van der Waals surface area contributed by atoms with E-state index in [-0.39, 0.29) is 11.5 Å². The molecule has 1 fully saturated rings. The van der Waals surface area contributed by atoms with Gasteiger partial charge in [-0.3, -0.25) is 4.79 Å². The first-order chi connectivity index (χ1) is 21.7. The number of anilines is 1. The predicted octanol–water partition coefficient (Wildman–Crippen LogP) is 6.06. The number of allylic oxidation sites excluding steroid dienone is 1. The van der Waals surface area contributed by atoms with E-state index in [1.54, 1.807) is 13.2 Å². The zero-order valence-electron chi connectivity index (χ0n) is 26.3. The van der Waals surface area contributed by atoms with Gasteiger partial charge in [0.2, 0.25) is 10.0 Å². The van der Waals surface area contributed by atoms with Gasteiger partial charge in [-0.2, -0.15) is 0 Å². The number of halogens is 1. The van der Waals surface area contributed by atoms with Crippen LogP contribution in [0.3, 0.4) is 0 Å². The average Bonchev–Trinajstić information content (AvgIpc) is 3.15. The molecule has 1 amide bonds. The van der Waals surface area contributed by atoms with Crippen molar-refractivity contribution in [3.05, 3.63) is 70.3 Å². The third kappa shape index (κ3) is 6.78. The molecule has 2 aromatic carbocycles. The molecule has 45 heavy (non-hydrogen) atoms. The second-order valence-electron chi connectivity index (χ2n) is 13.1. The fourth-order valence-electron chi connectivity index (χ4n) is 7.74. The van der Waals surface area contributed by atoms with Crippen LogP contribution in [0.25, 0.3) is 0 Å². The lowest BCUT2D eigenvalue weighted by Crippen LogP contribution is -2.49. The standard InChI is InChI=1S/C35H45ClN2O6S/c1-3-28-8-4-5-9-32(43-18-17-42-2)29-13-10-26(29)21-38-22-35(16-6-7-24-19-27(36)12-14-30(24)35)23-44-33-15-11-25(20-31(33)38)34(39)37-45(28,40)41/h5,9,11-12,14-15,19-20,26,28-29,32H,3-4,6-8,10,13,16-18,21-23H2,1-2H3,(H,37,39)/b9-5+/t26-,28+,29+,32?,35-/m0/s1. The van der Waals surface area contributed by atoms with Crippen LogP contribution < -0.4 is 14.4 Å². The molecule has 0 saturated heterocycles. The highest BCUT2D eigenvalue weighted by atomic mass is 35.5. The molecule has 2 heterocycles. The van der Waals surface area contributed by atoms with Crippen LogP contribution in [0.15, 0.2) is 48.6 Å². The quantitative estimate of drug-likeness (QED) is 0.309. The summed E-state index contributed by atoms with van der Waals surface area (Å²) in [5, 5.41) is 0.0677. The van der Waals surface area contributed by atoms with Crippen molar-refractivity contribution in [1.82, 2.24) is 4.72 Å². The number of carbonyl (C=O) groups excluding carboxylic acids is 1. The van der Waals surface area contributed by atoms with Crippen LogP contribution in [-0.2, 0) is 31.3 Å². The SMILES string of the molecule is CC[C@@H]1CC/C=C/C(OCCOC)[C@@H]2CC[C@H]2CN2C[C@@]3(CCCc4cc(Cl)ccc43)COc3ccc(cc32)C(=O)NS1(=O)=O. The van der Waals surface area contributed by atoms with Gasteiger partial charge in [0.1, 0.15) is 5.75 Å². The molecule has 2 aliphatic carbocycles. The number of fused-ring (bicyclic) bond motifs is 4. The molecule has 2 aromatic rings. The highest BCUT2D eigenvalue weighted by Gasteiger charge is 2.44. The summed E-state index contributed by atoms with van der Waals surface area (Å²) in [6, 6.07) is 11.5. The zero-order valence-corrected chi connectivity index (χ0v) is 27.9. The van der Waals surface area contributed by atoms with Crippen LogP contribution in [0.4, 0.5) is 5.69 Å². The Labute approximate surface area is 272 Å². The van der Waals surface area contributed by atoms with Crippen LogP contribution in [0.1, 0.15) is 73.4 Å². The first-order valence-electron chi connectivity index (χ1n) is 16.4. The van der Waals surface area contributed by atoms with E-state index in [0.29, 0.717) is 62.2 Å². The molecule has 2 bridgehead atoms. The molecule has 1 saturated carbocycles. The number of methoxy groups -OCH3 is 1. The minimum Gasteiger partial charge on any atom is -0.490 e. The Morgan fingerprint density at radius 1 is 1.13 bits per heavy atom. The molecule has 2 aliphatic heterocycles. The van der Waals surface area contributed by atoms with Gasteiger partial charge < -0.3 is 19.1 Å². The third-order valence-electron chi connectivity index (χ3n) is 10.4. The lowest BCUT2D eigenvalue weighted by atomic mass is 9.68. The third-order valence-corrected chi connectivity index (χ3v) is 12.5. The predicted molar refractivity (Wildman–Crippen MR) is 177 cm³/mol. The van der Waals surface area contributed by atoms with E-state index in [9.17, 15) is 13.2 Å². The maximum Gasteiger partial charge on any atom is 0.264 e. The van der Waals surface area contributed by atoms with Crippen molar-refractivity contribution < 1.29 is 27.4 Å². The summed E-state index contributed by atoms with van der Waals surface area (Å²) < 4.78 is 47.3. The second kappa shape index (κ2) is 13.6. The van der Waals surface area contributed by atoms with Crippen LogP contribution in [-0.4, -0.2) is 65.7 Å².